The molecule has 0 saturated heterocycles. The first kappa shape index (κ1) is 15.8. The summed E-state index contributed by atoms with van der Waals surface area (Å²) in [6, 6.07) is 7.01. The van der Waals surface area contributed by atoms with Crippen molar-refractivity contribution in [1.82, 2.24) is 0 Å². The standard InChI is InChI=1S/C13H7BrCl2N2O3/c14-10-4-8(15)3-7(13(10)19)6-17-12-2-1-9(18(20)21)5-11(12)16/h1-6,19H. The summed E-state index contributed by atoms with van der Waals surface area (Å²) in [5, 5.41) is 21.1. The monoisotopic (exact) mass is 388 g/mol. The lowest BCUT2D eigenvalue weighted by molar-refractivity contribution is -0.384. The highest BCUT2D eigenvalue weighted by molar-refractivity contribution is 9.10. The van der Waals surface area contributed by atoms with Gasteiger partial charge in [-0.1, -0.05) is 23.2 Å². The molecule has 2 aromatic carbocycles. The Hall–Kier alpha value is -1.63. The Morgan fingerprint density at radius 2 is 2.00 bits per heavy atom. The molecule has 1 N–H and O–H groups in total. The number of phenolic OH excluding ortho intramolecular Hbond substituents is 1. The minimum atomic E-state index is -0.542. The molecule has 0 saturated carbocycles. The van der Waals surface area contributed by atoms with Crippen LogP contribution in [0, 0.1) is 10.1 Å². The van der Waals surface area contributed by atoms with E-state index in [0.29, 0.717) is 20.7 Å². The number of rotatable bonds is 3. The van der Waals surface area contributed by atoms with E-state index in [-0.39, 0.29) is 16.5 Å². The maximum absolute atomic E-state index is 10.6. The van der Waals surface area contributed by atoms with Crippen molar-refractivity contribution in [1.29, 1.82) is 0 Å². The van der Waals surface area contributed by atoms with Gasteiger partial charge in [-0.2, -0.15) is 0 Å². The van der Waals surface area contributed by atoms with E-state index in [2.05, 4.69) is 20.9 Å². The van der Waals surface area contributed by atoms with E-state index in [9.17, 15) is 15.2 Å². The molecule has 0 aliphatic rings. The summed E-state index contributed by atoms with van der Waals surface area (Å²) in [7, 11) is 0. The smallest absolute Gasteiger partial charge is 0.271 e. The number of benzene rings is 2. The summed E-state index contributed by atoms with van der Waals surface area (Å²) >= 11 is 15.0. The second kappa shape index (κ2) is 6.43. The van der Waals surface area contributed by atoms with Crippen LogP contribution >= 0.6 is 39.1 Å². The number of hydrogen-bond donors (Lipinski definition) is 1. The number of nitro benzene ring substituents is 1. The number of nitro groups is 1. The van der Waals surface area contributed by atoms with Crippen LogP contribution in [0.4, 0.5) is 11.4 Å². The number of phenols is 1. The predicted octanol–water partition coefficient (Wildman–Crippen LogP) is 5.12. The van der Waals surface area contributed by atoms with E-state index >= 15 is 0 Å². The first-order chi connectivity index (χ1) is 9.88. The van der Waals surface area contributed by atoms with E-state index in [4.69, 9.17) is 23.2 Å². The molecule has 0 atom stereocenters. The van der Waals surface area contributed by atoms with E-state index in [0.717, 1.165) is 0 Å². The molecular formula is C13H7BrCl2N2O3. The predicted molar refractivity (Wildman–Crippen MR) is 86.2 cm³/mol. The molecule has 5 nitrogen and oxygen atoms in total. The van der Waals surface area contributed by atoms with Gasteiger partial charge in [0.15, 0.2) is 0 Å². The third kappa shape index (κ3) is 3.72. The molecule has 0 bridgehead atoms. The molecule has 0 spiro atoms. The lowest BCUT2D eigenvalue weighted by Gasteiger charge is -2.03. The Morgan fingerprint density at radius 1 is 1.29 bits per heavy atom. The van der Waals surface area contributed by atoms with Gasteiger partial charge in [0.1, 0.15) is 5.75 Å². The first-order valence-electron chi connectivity index (χ1n) is 5.54. The van der Waals surface area contributed by atoms with Crippen LogP contribution in [0.5, 0.6) is 5.75 Å². The fraction of sp³-hybridized carbons (Fsp3) is 0. The summed E-state index contributed by atoms with van der Waals surface area (Å²) in [5.41, 5.74) is 0.619. The van der Waals surface area contributed by atoms with Crippen molar-refractivity contribution in [2.24, 2.45) is 4.99 Å². The summed E-state index contributed by atoms with van der Waals surface area (Å²) < 4.78 is 0.436. The van der Waals surface area contributed by atoms with E-state index < -0.39 is 4.92 Å². The highest BCUT2D eigenvalue weighted by Gasteiger charge is 2.09. The molecule has 108 valence electrons. The molecule has 0 aliphatic carbocycles. The van der Waals surface area contributed by atoms with Gasteiger partial charge in [0.05, 0.1) is 20.1 Å². The second-order valence-electron chi connectivity index (χ2n) is 3.98. The van der Waals surface area contributed by atoms with Gasteiger partial charge >= 0.3 is 0 Å². The van der Waals surface area contributed by atoms with Gasteiger partial charge in [-0.25, -0.2) is 0 Å². The first-order valence-corrected chi connectivity index (χ1v) is 7.09. The van der Waals surface area contributed by atoms with Gasteiger partial charge in [0.25, 0.3) is 5.69 Å². The zero-order chi connectivity index (χ0) is 15.6. The molecule has 0 aromatic heterocycles. The fourth-order valence-corrected chi connectivity index (χ4v) is 2.60. The SMILES string of the molecule is O=[N+]([O-])c1ccc(N=Cc2cc(Cl)cc(Br)c2O)c(Cl)c1. The van der Waals surface area contributed by atoms with Crippen molar-refractivity contribution in [2.75, 3.05) is 0 Å². The summed E-state index contributed by atoms with van der Waals surface area (Å²) in [4.78, 5) is 14.2. The Morgan fingerprint density at radius 3 is 2.62 bits per heavy atom. The molecule has 0 fully saturated rings. The zero-order valence-electron chi connectivity index (χ0n) is 10.3. The lowest BCUT2D eigenvalue weighted by atomic mass is 10.2. The van der Waals surface area contributed by atoms with Crippen molar-refractivity contribution in [3.05, 3.63) is 60.5 Å². The number of non-ortho nitro benzene ring substituents is 1. The topological polar surface area (TPSA) is 75.7 Å². The number of halogens is 3. The van der Waals surface area contributed by atoms with Crippen LogP contribution in [-0.4, -0.2) is 16.2 Å². The van der Waals surface area contributed by atoms with Gasteiger partial charge in [-0.05, 0) is 34.1 Å². The van der Waals surface area contributed by atoms with Crippen LogP contribution in [0.3, 0.4) is 0 Å². The Balaban J connectivity index is 2.36. The van der Waals surface area contributed by atoms with Crippen molar-refractivity contribution in [2.45, 2.75) is 0 Å². The third-order valence-corrected chi connectivity index (χ3v) is 3.67. The molecule has 0 aliphatic heterocycles. The minimum absolute atomic E-state index is 0.0128. The van der Waals surface area contributed by atoms with E-state index in [1.54, 1.807) is 6.07 Å². The molecule has 21 heavy (non-hydrogen) atoms. The molecule has 2 rings (SSSR count). The van der Waals surface area contributed by atoms with Crippen LogP contribution in [-0.2, 0) is 0 Å². The van der Waals surface area contributed by atoms with Crippen LogP contribution in [0.15, 0.2) is 39.8 Å². The average molecular weight is 390 g/mol. The van der Waals surface area contributed by atoms with Gasteiger partial charge < -0.3 is 5.11 Å². The third-order valence-electron chi connectivity index (χ3n) is 2.54. The van der Waals surface area contributed by atoms with Gasteiger partial charge in [0.2, 0.25) is 0 Å². The van der Waals surface area contributed by atoms with Crippen molar-refractivity contribution >= 4 is 56.7 Å². The second-order valence-corrected chi connectivity index (χ2v) is 5.67. The Labute approximate surface area is 138 Å². The lowest BCUT2D eigenvalue weighted by Crippen LogP contribution is -1.87. The minimum Gasteiger partial charge on any atom is -0.506 e. The zero-order valence-corrected chi connectivity index (χ0v) is 13.4. The molecule has 0 amide bonds. The van der Waals surface area contributed by atoms with Gasteiger partial charge in [-0.15, -0.1) is 0 Å². The van der Waals surface area contributed by atoms with Gasteiger partial charge in [0, 0.05) is 28.9 Å². The normalized spacial score (nSPS) is 11.0. The van der Waals surface area contributed by atoms with E-state index in [1.165, 1.54) is 30.5 Å². The average Bonchev–Trinajstić information content (AvgIpc) is 2.42. The number of hydrogen-bond acceptors (Lipinski definition) is 4. The molecule has 2 aromatic rings. The largest absolute Gasteiger partial charge is 0.506 e. The van der Waals surface area contributed by atoms with Crippen molar-refractivity contribution in [3.63, 3.8) is 0 Å². The van der Waals surface area contributed by atoms with Crippen molar-refractivity contribution in [3.8, 4) is 5.75 Å². The highest BCUT2D eigenvalue weighted by atomic mass is 79.9. The maximum Gasteiger partial charge on any atom is 0.271 e. The molecule has 0 unspecified atom stereocenters. The number of nitrogens with zero attached hydrogens (tertiary/aromatic N) is 2. The fourth-order valence-electron chi connectivity index (χ4n) is 1.54. The van der Waals surface area contributed by atoms with Crippen molar-refractivity contribution < 1.29 is 10.0 Å². The molecule has 8 heteroatoms. The van der Waals surface area contributed by atoms with E-state index in [1.807, 2.05) is 0 Å². The Bertz CT molecular complexity index is 750. The van der Waals surface area contributed by atoms with Crippen LogP contribution in [0.1, 0.15) is 5.56 Å². The number of aliphatic imine (C=N–C) groups is 1. The molecule has 0 heterocycles. The highest BCUT2D eigenvalue weighted by Crippen LogP contribution is 2.32. The summed E-state index contributed by atoms with van der Waals surface area (Å²) in [6.07, 6.45) is 1.37. The van der Waals surface area contributed by atoms with Crippen LogP contribution in [0.2, 0.25) is 10.0 Å². The maximum atomic E-state index is 10.6. The van der Waals surface area contributed by atoms with Gasteiger partial charge in [-0.3, -0.25) is 15.1 Å². The van der Waals surface area contributed by atoms with Crippen LogP contribution in [0.25, 0.3) is 0 Å². The molecular weight excluding hydrogens is 383 g/mol. The quantitative estimate of drug-likeness (QED) is 0.449. The Kier molecular flexibility index (Phi) is 4.82. The molecule has 0 radical (unpaired) electrons. The summed E-state index contributed by atoms with van der Waals surface area (Å²) in [6.45, 7) is 0. The summed E-state index contributed by atoms with van der Waals surface area (Å²) in [5.74, 6) is -0.0128. The number of aromatic hydroxyl groups is 1. The van der Waals surface area contributed by atoms with Crippen LogP contribution < -0.4 is 0 Å².